The summed E-state index contributed by atoms with van der Waals surface area (Å²) in [5, 5.41) is 8.64. The van der Waals surface area contributed by atoms with E-state index in [2.05, 4.69) is 13.8 Å². The highest BCUT2D eigenvalue weighted by molar-refractivity contribution is 4.54. The van der Waals surface area contributed by atoms with E-state index in [0.717, 1.165) is 12.3 Å². The number of rotatable bonds is 12. The molecule has 0 saturated heterocycles. The summed E-state index contributed by atoms with van der Waals surface area (Å²) in [6, 6.07) is 0. The van der Waals surface area contributed by atoms with Crippen molar-refractivity contribution in [3.63, 3.8) is 0 Å². The van der Waals surface area contributed by atoms with Crippen LogP contribution in [0, 0.1) is 5.92 Å². The Hall–Kier alpha value is -0.0400. The molecule has 0 aromatic heterocycles. The van der Waals surface area contributed by atoms with Gasteiger partial charge in [-0.1, -0.05) is 78.1 Å². The second-order valence-electron chi connectivity index (χ2n) is 5.23. The van der Waals surface area contributed by atoms with Crippen molar-refractivity contribution in [2.45, 2.75) is 84.5 Å². The fraction of sp³-hybridized carbons (Fsp3) is 1.00. The Bertz CT molecular complexity index is 123. The molecule has 0 fully saturated rings. The van der Waals surface area contributed by atoms with Gasteiger partial charge in [-0.05, 0) is 12.3 Å². The van der Waals surface area contributed by atoms with Crippen LogP contribution >= 0.6 is 0 Å². The van der Waals surface area contributed by atoms with E-state index in [4.69, 9.17) is 5.11 Å². The summed E-state index contributed by atoms with van der Waals surface area (Å²) >= 11 is 0. The van der Waals surface area contributed by atoms with E-state index in [1.165, 1.54) is 64.2 Å². The van der Waals surface area contributed by atoms with Gasteiger partial charge >= 0.3 is 0 Å². The van der Waals surface area contributed by atoms with E-state index < -0.39 is 0 Å². The quantitative estimate of drug-likeness (QED) is 0.470. The van der Waals surface area contributed by atoms with Crippen molar-refractivity contribution in [2.75, 3.05) is 6.61 Å². The molecule has 1 heteroatoms. The molecule has 0 unspecified atom stereocenters. The van der Waals surface area contributed by atoms with Crippen LogP contribution in [-0.4, -0.2) is 11.7 Å². The first-order chi connectivity index (χ1) is 7.81. The molecule has 0 aliphatic carbocycles. The standard InChI is InChI=1S/C15H32O/c1-3-4-12-15(2)13-10-8-6-5-7-9-11-14-16/h15-16H,3-14H2,1-2H3/t15-/m0/s1. The zero-order valence-corrected chi connectivity index (χ0v) is 11.5. The Labute approximate surface area is 103 Å². The molecule has 0 aromatic rings. The third-order valence-electron chi connectivity index (χ3n) is 3.41. The zero-order chi connectivity index (χ0) is 12.1. The molecule has 98 valence electrons. The SMILES string of the molecule is CCCC[C@H](C)CCCCCCCCCO. The van der Waals surface area contributed by atoms with E-state index >= 15 is 0 Å². The summed E-state index contributed by atoms with van der Waals surface area (Å²) in [5.41, 5.74) is 0. The molecule has 0 heterocycles. The zero-order valence-electron chi connectivity index (χ0n) is 11.5. The Morgan fingerprint density at radius 1 is 0.750 bits per heavy atom. The van der Waals surface area contributed by atoms with Gasteiger partial charge in [-0.3, -0.25) is 0 Å². The summed E-state index contributed by atoms with van der Waals surface area (Å²) in [4.78, 5) is 0. The highest BCUT2D eigenvalue weighted by atomic mass is 16.2. The lowest BCUT2D eigenvalue weighted by Gasteiger charge is -2.09. The Kier molecular flexibility index (Phi) is 13.0. The summed E-state index contributed by atoms with van der Waals surface area (Å²) in [6.45, 7) is 5.05. The van der Waals surface area contributed by atoms with Crippen LogP contribution in [0.3, 0.4) is 0 Å². The molecule has 1 atom stereocenters. The molecular formula is C15H32O. The third-order valence-corrected chi connectivity index (χ3v) is 3.41. The first-order valence-corrected chi connectivity index (χ1v) is 7.42. The molecule has 0 aliphatic rings. The van der Waals surface area contributed by atoms with Crippen molar-refractivity contribution in [1.29, 1.82) is 0 Å². The van der Waals surface area contributed by atoms with Crippen LogP contribution in [-0.2, 0) is 0 Å². The van der Waals surface area contributed by atoms with Gasteiger partial charge in [0.25, 0.3) is 0 Å². The van der Waals surface area contributed by atoms with Gasteiger partial charge in [0.15, 0.2) is 0 Å². The normalized spacial score (nSPS) is 12.9. The second kappa shape index (κ2) is 13.0. The van der Waals surface area contributed by atoms with E-state index in [-0.39, 0.29) is 0 Å². The molecule has 1 N–H and O–H groups in total. The molecular weight excluding hydrogens is 196 g/mol. The van der Waals surface area contributed by atoms with E-state index in [1.807, 2.05) is 0 Å². The molecule has 1 nitrogen and oxygen atoms in total. The number of hydrogen-bond acceptors (Lipinski definition) is 1. The molecule has 0 saturated carbocycles. The van der Waals surface area contributed by atoms with Gasteiger partial charge in [0.1, 0.15) is 0 Å². The monoisotopic (exact) mass is 228 g/mol. The van der Waals surface area contributed by atoms with Crippen LogP contribution in [0.1, 0.15) is 84.5 Å². The largest absolute Gasteiger partial charge is 0.396 e. The Morgan fingerprint density at radius 2 is 1.25 bits per heavy atom. The predicted octanol–water partition coefficient (Wildman–Crippen LogP) is 4.93. The topological polar surface area (TPSA) is 20.2 Å². The average molecular weight is 228 g/mol. The number of hydrogen-bond donors (Lipinski definition) is 1. The lowest BCUT2D eigenvalue weighted by Crippen LogP contribution is -1.94. The minimum Gasteiger partial charge on any atom is -0.396 e. The maximum absolute atomic E-state index is 8.64. The van der Waals surface area contributed by atoms with Crippen molar-refractivity contribution < 1.29 is 5.11 Å². The first kappa shape index (κ1) is 16.0. The van der Waals surface area contributed by atoms with Gasteiger partial charge < -0.3 is 5.11 Å². The minimum absolute atomic E-state index is 0.370. The molecule has 0 aliphatic heterocycles. The van der Waals surface area contributed by atoms with Gasteiger partial charge in [0.2, 0.25) is 0 Å². The summed E-state index contributed by atoms with van der Waals surface area (Å²) < 4.78 is 0. The molecule has 0 rings (SSSR count). The van der Waals surface area contributed by atoms with Crippen LogP contribution in [0.5, 0.6) is 0 Å². The maximum atomic E-state index is 8.64. The fourth-order valence-corrected chi connectivity index (χ4v) is 2.19. The van der Waals surface area contributed by atoms with Gasteiger partial charge in [-0.2, -0.15) is 0 Å². The first-order valence-electron chi connectivity index (χ1n) is 7.42. The minimum atomic E-state index is 0.370. The van der Waals surface area contributed by atoms with E-state index in [1.54, 1.807) is 0 Å². The molecule has 0 bridgehead atoms. The van der Waals surface area contributed by atoms with Crippen LogP contribution in [0.25, 0.3) is 0 Å². The number of aliphatic hydroxyl groups is 1. The molecule has 0 radical (unpaired) electrons. The summed E-state index contributed by atoms with van der Waals surface area (Å²) in [5.74, 6) is 0.939. The lowest BCUT2D eigenvalue weighted by molar-refractivity contribution is 0.282. The second-order valence-corrected chi connectivity index (χ2v) is 5.23. The van der Waals surface area contributed by atoms with Crippen LogP contribution in [0.15, 0.2) is 0 Å². The molecule has 0 spiro atoms. The average Bonchev–Trinajstić information content (AvgIpc) is 2.30. The van der Waals surface area contributed by atoms with E-state index in [9.17, 15) is 0 Å². The summed E-state index contributed by atoms with van der Waals surface area (Å²) in [7, 11) is 0. The third kappa shape index (κ3) is 12.0. The summed E-state index contributed by atoms with van der Waals surface area (Å²) in [6.07, 6.45) is 14.7. The molecule has 0 amide bonds. The maximum Gasteiger partial charge on any atom is 0.0431 e. The van der Waals surface area contributed by atoms with Crippen LogP contribution in [0.2, 0.25) is 0 Å². The van der Waals surface area contributed by atoms with Crippen molar-refractivity contribution >= 4 is 0 Å². The molecule has 0 aromatic carbocycles. The van der Waals surface area contributed by atoms with Crippen molar-refractivity contribution in [2.24, 2.45) is 5.92 Å². The van der Waals surface area contributed by atoms with Gasteiger partial charge in [0, 0.05) is 6.61 Å². The van der Waals surface area contributed by atoms with Gasteiger partial charge in [0.05, 0.1) is 0 Å². The van der Waals surface area contributed by atoms with Crippen molar-refractivity contribution in [1.82, 2.24) is 0 Å². The predicted molar refractivity (Wildman–Crippen MR) is 72.7 cm³/mol. The highest BCUT2D eigenvalue weighted by Crippen LogP contribution is 2.16. The van der Waals surface area contributed by atoms with Crippen LogP contribution < -0.4 is 0 Å². The van der Waals surface area contributed by atoms with Crippen LogP contribution in [0.4, 0.5) is 0 Å². The number of unbranched alkanes of at least 4 members (excludes halogenated alkanes) is 7. The lowest BCUT2D eigenvalue weighted by atomic mass is 9.97. The Balaban J connectivity index is 3.02. The molecule has 16 heavy (non-hydrogen) atoms. The van der Waals surface area contributed by atoms with E-state index in [0.29, 0.717) is 6.61 Å². The highest BCUT2D eigenvalue weighted by Gasteiger charge is 2.00. The smallest absolute Gasteiger partial charge is 0.0431 e. The van der Waals surface area contributed by atoms with Gasteiger partial charge in [-0.25, -0.2) is 0 Å². The van der Waals surface area contributed by atoms with Crippen molar-refractivity contribution in [3.05, 3.63) is 0 Å². The van der Waals surface area contributed by atoms with Gasteiger partial charge in [-0.15, -0.1) is 0 Å². The number of aliphatic hydroxyl groups excluding tert-OH is 1. The fourth-order valence-electron chi connectivity index (χ4n) is 2.19. The Morgan fingerprint density at radius 3 is 1.81 bits per heavy atom. The van der Waals surface area contributed by atoms with Crippen molar-refractivity contribution in [3.8, 4) is 0 Å².